The van der Waals surface area contributed by atoms with Gasteiger partial charge in [0.25, 0.3) is 0 Å². The van der Waals surface area contributed by atoms with Crippen LogP contribution in [0.25, 0.3) is 0 Å². The first-order chi connectivity index (χ1) is 10.1. The molecule has 1 aromatic rings. The summed E-state index contributed by atoms with van der Waals surface area (Å²) in [6.07, 6.45) is 5.12. The zero-order chi connectivity index (χ0) is 15.2. The van der Waals surface area contributed by atoms with E-state index in [1.165, 1.54) is 6.42 Å². The van der Waals surface area contributed by atoms with Crippen LogP contribution in [0.5, 0.6) is 5.75 Å². The molecule has 2 rings (SSSR count). The van der Waals surface area contributed by atoms with Crippen LogP contribution in [0.1, 0.15) is 37.5 Å². The van der Waals surface area contributed by atoms with E-state index < -0.39 is 6.10 Å². The average molecular weight is 297 g/mol. The molecule has 1 aliphatic rings. The maximum atomic E-state index is 10.6. The van der Waals surface area contributed by atoms with Crippen molar-refractivity contribution in [1.29, 1.82) is 0 Å². The number of hydrogen-bond acceptors (Lipinski definition) is 5. The summed E-state index contributed by atoms with van der Waals surface area (Å²) in [5.41, 5.74) is 0.758. The monoisotopic (exact) mass is 297 g/mol. The summed E-state index contributed by atoms with van der Waals surface area (Å²) >= 11 is 0. The average Bonchev–Trinajstić information content (AvgIpc) is 2.89. The summed E-state index contributed by atoms with van der Waals surface area (Å²) in [6, 6.07) is 0. The van der Waals surface area contributed by atoms with Gasteiger partial charge >= 0.3 is 0 Å². The molecule has 120 valence electrons. The third-order valence-corrected chi connectivity index (χ3v) is 3.90. The molecule has 0 saturated carbocycles. The van der Waals surface area contributed by atoms with Gasteiger partial charge in [0.05, 0.1) is 26.0 Å². The zero-order valence-electron chi connectivity index (χ0n) is 13.3. The molecule has 1 aliphatic heterocycles. The number of likely N-dealkylation sites (N-methyl/N-ethyl adjacent to an activating group) is 1. The highest BCUT2D eigenvalue weighted by Crippen LogP contribution is 2.30. The fourth-order valence-electron chi connectivity index (χ4n) is 2.70. The lowest BCUT2D eigenvalue weighted by molar-refractivity contribution is -0.0175. The van der Waals surface area contributed by atoms with E-state index in [4.69, 9.17) is 9.47 Å². The predicted octanol–water partition coefficient (Wildman–Crippen LogP) is 1.45. The molecule has 6 nitrogen and oxygen atoms in total. The highest BCUT2D eigenvalue weighted by Gasteiger charge is 2.25. The first-order valence-corrected chi connectivity index (χ1v) is 7.66. The molecule has 1 N–H and O–H groups in total. The topological polar surface area (TPSA) is 59.8 Å². The lowest BCUT2D eigenvalue weighted by atomic mass is 10.0. The summed E-state index contributed by atoms with van der Waals surface area (Å²) in [4.78, 5) is 2.09. The third-order valence-electron chi connectivity index (χ3n) is 3.90. The fraction of sp³-hybridized carbons (Fsp3) is 0.800. The molecule has 2 atom stereocenters. The number of aliphatic hydroxyl groups excluding tert-OH is 1. The van der Waals surface area contributed by atoms with Gasteiger partial charge in [0.1, 0.15) is 11.8 Å². The van der Waals surface area contributed by atoms with E-state index in [9.17, 15) is 5.11 Å². The molecule has 1 aromatic heterocycles. The van der Waals surface area contributed by atoms with Gasteiger partial charge in [0.15, 0.2) is 5.75 Å². The van der Waals surface area contributed by atoms with Crippen LogP contribution in [0.3, 0.4) is 0 Å². The zero-order valence-corrected chi connectivity index (χ0v) is 13.3. The van der Waals surface area contributed by atoms with Crippen molar-refractivity contribution >= 4 is 0 Å². The van der Waals surface area contributed by atoms with Gasteiger partial charge in [-0.25, -0.2) is 0 Å². The van der Waals surface area contributed by atoms with E-state index in [1.54, 1.807) is 13.3 Å². The molecule has 0 bridgehead atoms. The van der Waals surface area contributed by atoms with E-state index >= 15 is 0 Å². The van der Waals surface area contributed by atoms with Gasteiger partial charge in [-0.15, -0.1) is 0 Å². The SMILES string of the molecule is COc1cnn(CCN(C)C)c1C(O)CC1CCCCO1. The van der Waals surface area contributed by atoms with E-state index in [1.807, 2.05) is 18.8 Å². The number of rotatable bonds is 7. The van der Waals surface area contributed by atoms with Crippen molar-refractivity contribution < 1.29 is 14.6 Å². The third kappa shape index (κ3) is 4.43. The Morgan fingerprint density at radius 2 is 2.33 bits per heavy atom. The van der Waals surface area contributed by atoms with Gasteiger partial charge in [-0.2, -0.15) is 5.10 Å². The maximum Gasteiger partial charge on any atom is 0.162 e. The predicted molar refractivity (Wildman–Crippen MR) is 80.5 cm³/mol. The summed E-state index contributed by atoms with van der Waals surface area (Å²) in [6.45, 7) is 2.40. The van der Waals surface area contributed by atoms with Gasteiger partial charge < -0.3 is 19.5 Å². The summed E-state index contributed by atoms with van der Waals surface area (Å²) in [7, 11) is 5.65. The number of nitrogens with zero attached hydrogens (tertiary/aromatic N) is 3. The molecule has 0 aromatic carbocycles. The van der Waals surface area contributed by atoms with Crippen LogP contribution in [0.15, 0.2) is 6.20 Å². The van der Waals surface area contributed by atoms with Gasteiger partial charge in [-0.1, -0.05) is 0 Å². The molecular weight excluding hydrogens is 270 g/mol. The molecule has 2 unspecified atom stereocenters. The minimum Gasteiger partial charge on any atom is -0.493 e. The Bertz CT molecular complexity index is 428. The molecular formula is C15H27N3O3. The van der Waals surface area contributed by atoms with Crippen molar-refractivity contribution in [2.24, 2.45) is 0 Å². The number of hydrogen-bond donors (Lipinski definition) is 1. The number of ether oxygens (including phenoxy) is 2. The highest BCUT2D eigenvalue weighted by atomic mass is 16.5. The van der Waals surface area contributed by atoms with Gasteiger partial charge in [0.2, 0.25) is 0 Å². The van der Waals surface area contributed by atoms with Crippen molar-refractivity contribution in [3.63, 3.8) is 0 Å². The first kappa shape index (κ1) is 16.3. The Morgan fingerprint density at radius 1 is 1.52 bits per heavy atom. The summed E-state index contributed by atoms with van der Waals surface area (Å²) < 4.78 is 12.9. The number of aromatic nitrogens is 2. The Morgan fingerprint density at radius 3 is 2.95 bits per heavy atom. The number of aliphatic hydroxyl groups is 1. The molecule has 0 amide bonds. The van der Waals surface area contributed by atoms with Crippen LogP contribution < -0.4 is 4.74 Å². The van der Waals surface area contributed by atoms with Crippen LogP contribution >= 0.6 is 0 Å². The molecule has 6 heteroatoms. The van der Waals surface area contributed by atoms with E-state index in [-0.39, 0.29) is 6.10 Å². The molecule has 0 aliphatic carbocycles. The van der Waals surface area contributed by atoms with Gasteiger partial charge in [-0.05, 0) is 33.4 Å². The minimum atomic E-state index is -0.604. The van der Waals surface area contributed by atoms with Gasteiger partial charge in [0, 0.05) is 19.6 Å². The molecule has 1 saturated heterocycles. The molecule has 21 heavy (non-hydrogen) atoms. The van der Waals surface area contributed by atoms with E-state index in [0.29, 0.717) is 12.2 Å². The van der Waals surface area contributed by atoms with Crippen molar-refractivity contribution in [2.75, 3.05) is 34.4 Å². The Labute approximate surface area is 126 Å². The number of methoxy groups -OCH3 is 1. The van der Waals surface area contributed by atoms with Crippen LogP contribution in [0.4, 0.5) is 0 Å². The summed E-state index contributed by atoms with van der Waals surface area (Å²) in [5.74, 6) is 0.650. The normalized spacial score (nSPS) is 20.7. The molecule has 0 radical (unpaired) electrons. The van der Waals surface area contributed by atoms with Crippen molar-refractivity contribution in [3.05, 3.63) is 11.9 Å². The van der Waals surface area contributed by atoms with Crippen LogP contribution in [-0.4, -0.2) is 60.2 Å². The Hall–Kier alpha value is -1.11. The fourth-order valence-corrected chi connectivity index (χ4v) is 2.70. The van der Waals surface area contributed by atoms with Crippen LogP contribution in [-0.2, 0) is 11.3 Å². The van der Waals surface area contributed by atoms with Crippen LogP contribution in [0.2, 0.25) is 0 Å². The van der Waals surface area contributed by atoms with Crippen molar-refractivity contribution in [2.45, 2.75) is 44.4 Å². The maximum absolute atomic E-state index is 10.6. The Balaban J connectivity index is 2.05. The standard InChI is InChI=1S/C15H27N3O3/c1-17(2)7-8-18-15(14(20-3)11-16-18)13(19)10-12-6-4-5-9-21-12/h11-13,19H,4-10H2,1-3H3. The van der Waals surface area contributed by atoms with Crippen molar-refractivity contribution in [3.8, 4) is 5.75 Å². The van der Waals surface area contributed by atoms with E-state index in [0.717, 1.165) is 38.2 Å². The lowest BCUT2D eigenvalue weighted by Gasteiger charge is -2.25. The highest BCUT2D eigenvalue weighted by molar-refractivity contribution is 5.27. The minimum absolute atomic E-state index is 0.135. The molecule has 1 fully saturated rings. The first-order valence-electron chi connectivity index (χ1n) is 7.66. The van der Waals surface area contributed by atoms with Crippen LogP contribution in [0, 0.1) is 0 Å². The molecule has 2 heterocycles. The quantitative estimate of drug-likeness (QED) is 0.825. The molecule has 0 spiro atoms. The second kappa shape index (κ2) is 7.77. The lowest BCUT2D eigenvalue weighted by Crippen LogP contribution is -2.24. The van der Waals surface area contributed by atoms with Crippen molar-refractivity contribution in [1.82, 2.24) is 14.7 Å². The van der Waals surface area contributed by atoms with E-state index in [2.05, 4.69) is 10.00 Å². The largest absolute Gasteiger partial charge is 0.493 e. The second-order valence-corrected chi connectivity index (χ2v) is 5.86. The van der Waals surface area contributed by atoms with Gasteiger partial charge in [-0.3, -0.25) is 4.68 Å². The Kier molecular flexibility index (Phi) is 6.02. The smallest absolute Gasteiger partial charge is 0.162 e. The second-order valence-electron chi connectivity index (χ2n) is 5.86. The summed E-state index contributed by atoms with van der Waals surface area (Å²) in [5, 5.41) is 14.9.